The second-order valence-electron chi connectivity index (χ2n) is 8.41. The first-order valence-electron chi connectivity index (χ1n) is 10.0. The minimum Gasteiger partial charge on any atom is -0.379 e. The highest BCUT2D eigenvalue weighted by molar-refractivity contribution is 9.10. The van der Waals surface area contributed by atoms with E-state index in [1.807, 2.05) is 24.3 Å². The number of nitrogens with zero attached hydrogens (tertiary/aromatic N) is 1. The van der Waals surface area contributed by atoms with E-state index >= 15 is 0 Å². The standard InChI is InChI=1S/C23H26BrFNO2/c24-20-7-3-17(4-8-20)22(27)2-1-13-26-14-11-19(12-15-26)23(28,16-26)18-5-9-21(25)10-6-18/h3-10,19,28H,1-2,11-16H2/q+1. The zero-order valence-corrected chi connectivity index (χ0v) is 17.5. The SMILES string of the molecule is O=C(CCC[N+]12CCC(CC1)C(O)(c1ccc(F)cc1)C2)c1ccc(Br)cc1. The molecule has 3 nitrogen and oxygen atoms in total. The van der Waals surface area contributed by atoms with Crippen LogP contribution >= 0.6 is 15.9 Å². The third-order valence-electron chi connectivity index (χ3n) is 6.70. The lowest BCUT2D eigenvalue weighted by Crippen LogP contribution is -2.67. The highest BCUT2D eigenvalue weighted by atomic mass is 79.9. The van der Waals surface area contributed by atoms with Gasteiger partial charge in [0.1, 0.15) is 18.0 Å². The second kappa shape index (κ2) is 7.69. The van der Waals surface area contributed by atoms with Crippen molar-refractivity contribution in [3.05, 3.63) is 69.9 Å². The van der Waals surface area contributed by atoms with E-state index in [2.05, 4.69) is 15.9 Å². The highest BCUT2D eigenvalue weighted by Gasteiger charge is 2.54. The van der Waals surface area contributed by atoms with E-state index in [1.54, 1.807) is 12.1 Å². The Hall–Kier alpha value is -1.56. The summed E-state index contributed by atoms with van der Waals surface area (Å²) < 4.78 is 15.2. The van der Waals surface area contributed by atoms with Crippen molar-refractivity contribution < 1.29 is 18.8 Å². The summed E-state index contributed by atoms with van der Waals surface area (Å²) in [6, 6.07) is 13.8. The van der Waals surface area contributed by atoms with Gasteiger partial charge < -0.3 is 9.59 Å². The van der Waals surface area contributed by atoms with E-state index in [9.17, 15) is 14.3 Å². The molecular formula is C23H26BrFNO2+. The van der Waals surface area contributed by atoms with E-state index in [0.717, 1.165) is 59.0 Å². The molecule has 5 rings (SSSR count). The number of carbonyl (C=O) groups is 1. The number of rotatable bonds is 6. The number of aliphatic hydroxyl groups is 1. The average Bonchev–Trinajstić information content (AvgIpc) is 2.69. The van der Waals surface area contributed by atoms with Crippen LogP contribution in [0.4, 0.5) is 4.39 Å². The largest absolute Gasteiger partial charge is 0.379 e. The van der Waals surface area contributed by atoms with Crippen LogP contribution in [0.15, 0.2) is 53.0 Å². The minimum absolute atomic E-state index is 0.173. The van der Waals surface area contributed by atoms with Crippen LogP contribution in [0.3, 0.4) is 0 Å². The van der Waals surface area contributed by atoms with Gasteiger partial charge in [0.25, 0.3) is 0 Å². The van der Waals surface area contributed by atoms with Gasteiger partial charge in [-0.25, -0.2) is 4.39 Å². The average molecular weight is 447 g/mol. The molecule has 0 amide bonds. The fourth-order valence-electron chi connectivity index (χ4n) is 5.11. The molecule has 2 aromatic carbocycles. The lowest BCUT2D eigenvalue weighted by molar-refractivity contribution is -0.952. The lowest BCUT2D eigenvalue weighted by Gasteiger charge is -2.56. The summed E-state index contributed by atoms with van der Waals surface area (Å²) in [6.45, 7) is 3.68. The molecule has 5 heteroatoms. The Morgan fingerprint density at radius 2 is 1.75 bits per heavy atom. The van der Waals surface area contributed by atoms with Gasteiger partial charge in [-0.3, -0.25) is 4.79 Å². The Bertz CT molecular complexity index is 844. The van der Waals surface area contributed by atoms with Crippen LogP contribution in [-0.2, 0) is 5.60 Å². The van der Waals surface area contributed by atoms with Gasteiger partial charge >= 0.3 is 0 Å². The Kier molecular flexibility index (Phi) is 5.43. The number of hydrogen-bond acceptors (Lipinski definition) is 2. The fraction of sp³-hybridized carbons (Fsp3) is 0.435. The van der Waals surface area contributed by atoms with Gasteiger partial charge in [0, 0.05) is 41.6 Å². The number of fused-ring (bicyclic) bond motifs is 3. The number of halogens is 2. The van der Waals surface area contributed by atoms with Crippen LogP contribution in [0.2, 0.25) is 0 Å². The van der Waals surface area contributed by atoms with E-state index in [4.69, 9.17) is 0 Å². The van der Waals surface area contributed by atoms with Gasteiger partial charge in [-0.2, -0.15) is 0 Å². The molecule has 28 heavy (non-hydrogen) atoms. The summed E-state index contributed by atoms with van der Waals surface area (Å²) in [5, 5.41) is 11.5. The maximum absolute atomic E-state index is 13.3. The molecular weight excluding hydrogens is 421 g/mol. The van der Waals surface area contributed by atoms with Crippen molar-refractivity contribution in [3.63, 3.8) is 0 Å². The van der Waals surface area contributed by atoms with Gasteiger partial charge in [0.15, 0.2) is 5.78 Å². The molecule has 2 bridgehead atoms. The number of Topliss-reactive ketones (excluding diaryl/α,β-unsaturated/α-hetero) is 1. The molecule has 3 saturated heterocycles. The van der Waals surface area contributed by atoms with Crippen LogP contribution in [-0.4, -0.2) is 41.6 Å². The minimum atomic E-state index is -0.889. The van der Waals surface area contributed by atoms with E-state index in [1.165, 1.54) is 12.1 Å². The zero-order valence-electron chi connectivity index (χ0n) is 15.9. The van der Waals surface area contributed by atoms with Gasteiger partial charge in [-0.15, -0.1) is 0 Å². The Labute approximate surface area is 173 Å². The third kappa shape index (κ3) is 3.80. The molecule has 3 heterocycles. The number of quaternary nitrogens is 1. The first-order valence-corrected chi connectivity index (χ1v) is 10.8. The Balaban J connectivity index is 1.42. The van der Waals surface area contributed by atoms with Crippen molar-refractivity contribution >= 4 is 21.7 Å². The maximum atomic E-state index is 13.3. The van der Waals surface area contributed by atoms with Crippen LogP contribution in [0.5, 0.6) is 0 Å². The molecule has 0 spiro atoms. The van der Waals surface area contributed by atoms with Crippen molar-refractivity contribution in [1.29, 1.82) is 0 Å². The van der Waals surface area contributed by atoms with Gasteiger partial charge in [-0.1, -0.05) is 40.2 Å². The summed E-state index contributed by atoms with van der Waals surface area (Å²) in [7, 11) is 0. The first-order chi connectivity index (χ1) is 13.4. The van der Waals surface area contributed by atoms with Crippen LogP contribution in [0.1, 0.15) is 41.6 Å². The van der Waals surface area contributed by atoms with Gasteiger partial charge in [0.05, 0.1) is 19.6 Å². The summed E-state index contributed by atoms with van der Waals surface area (Å²) >= 11 is 3.40. The molecule has 148 valence electrons. The summed E-state index contributed by atoms with van der Waals surface area (Å²) in [5.41, 5.74) is 0.690. The predicted molar refractivity (Wildman–Crippen MR) is 110 cm³/mol. The molecule has 1 unspecified atom stereocenters. The molecule has 1 atom stereocenters. The smallest absolute Gasteiger partial charge is 0.163 e. The molecule has 3 aliphatic heterocycles. The highest BCUT2D eigenvalue weighted by Crippen LogP contribution is 2.46. The van der Waals surface area contributed by atoms with E-state index < -0.39 is 5.60 Å². The van der Waals surface area contributed by atoms with E-state index in [0.29, 0.717) is 13.0 Å². The first kappa shape index (κ1) is 19.7. The molecule has 0 aromatic heterocycles. The van der Waals surface area contributed by atoms with Gasteiger partial charge in [-0.05, 0) is 29.8 Å². The number of hydrogen-bond donors (Lipinski definition) is 1. The number of ketones is 1. The molecule has 2 aromatic rings. The van der Waals surface area contributed by atoms with Crippen molar-refractivity contribution in [2.24, 2.45) is 5.92 Å². The summed E-state index contributed by atoms with van der Waals surface area (Å²) in [6.07, 6.45) is 3.31. The second-order valence-corrected chi connectivity index (χ2v) is 9.33. The molecule has 3 aliphatic rings. The van der Waals surface area contributed by atoms with Crippen LogP contribution in [0.25, 0.3) is 0 Å². The molecule has 3 fully saturated rings. The van der Waals surface area contributed by atoms with Crippen LogP contribution < -0.4 is 0 Å². The summed E-state index contributed by atoms with van der Waals surface area (Å²) in [4.78, 5) is 12.5. The Morgan fingerprint density at radius 1 is 1.11 bits per heavy atom. The fourth-order valence-corrected chi connectivity index (χ4v) is 5.38. The zero-order chi connectivity index (χ0) is 19.8. The molecule has 0 saturated carbocycles. The predicted octanol–water partition coefficient (Wildman–Crippen LogP) is 4.68. The lowest BCUT2D eigenvalue weighted by atomic mass is 9.70. The van der Waals surface area contributed by atoms with Gasteiger partial charge in [0.2, 0.25) is 0 Å². The number of piperidine rings is 3. The molecule has 0 radical (unpaired) electrons. The normalized spacial score (nSPS) is 29.0. The molecule has 1 N–H and O–H groups in total. The maximum Gasteiger partial charge on any atom is 0.163 e. The van der Waals surface area contributed by atoms with E-state index in [-0.39, 0.29) is 17.5 Å². The van der Waals surface area contributed by atoms with Crippen molar-refractivity contribution in [2.75, 3.05) is 26.2 Å². The van der Waals surface area contributed by atoms with Crippen molar-refractivity contribution in [1.82, 2.24) is 0 Å². The Morgan fingerprint density at radius 3 is 2.39 bits per heavy atom. The third-order valence-corrected chi connectivity index (χ3v) is 7.23. The quantitative estimate of drug-likeness (QED) is 0.516. The molecule has 0 aliphatic carbocycles. The van der Waals surface area contributed by atoms with Crippen molar-refractivity contribution in [2.45, 2.75) is 31.3 Å². The topological polar surface area (TPSA) is 37.3 Å². The van der Waals surface area contributed by atoms with Crippen LogP contribution in [0, 0.1) is 11.7 Å². The number of carbonyl (C=O) groups excluding carboxylic acids is 1. The monoisotopic (exact) mass is 446 g/mol. The van der Waals surface area contributed by atoms with Crippen molar-refractivity contribution in [3.8, 4) is 0 Å². The summed E-state index contributed by atoms with van der Waals surface area (Å²) in [5.74, 6) is 0.137. The number of benzene rings is 2.